The minimum atomic E-state index is -0.737. The summed E-state index contributed by atoms with van der Waals surface area (Å²) < 4.78 is 46.7. The monoisotopic (exact) mass is 295 g/mol. The molecule has 2 nitrogen and oxygen atoms in total. The lowest BCUT2D eigenvalue weighted by molar-refractivity contribution is 0.382. The van der Waals surface area contributed by atoms with E-state index in [2.05, 4.69) is 5.32 Å². The maximum atomic E-state index is 14.3. The van der Waals surface area contributed by atoms with Crippen LogP contribution in [-0.2, 0) is 0 Å². The van der Waals surface area contributed by atoms with Gasteiger partial charge in [-0.2, -0.15) is 0 Å². The summed E-state index contributed by atoms with van der Waals surface area (Å²) >= 11 is 0. The molecule has 0 aliphatic heterocycles. The molecule has 0 spiro atoms. The Hall–Kier alpha value is -2.01. The molecule has 0 radical (unpaired) electrons. The fraction of sp³-hybridized carbons (Fsp3) is 0.250. The Kier molecular flexibility index (Phi) is 4.53. The Labute approximate surface area is 121 Å². The molecular formula is C16H16F3NO. The van der Waals surface area contributed by atoms with Crippen molar-refractivity contribution in [1.29, 1.82) is 0 Å². The third-order valence-corrected chi connectivity index (χ3v) is 3.40. The van der Waals surface area contributed by atoms with Crippen LogP contribution in [0.3, 0.4) is 0 Å². The zero-order valence-electron chi connectivity index (χ0n) is 12.0. The molecule has 1 atom stereocenters. The average molecular weight is 295 g/mol. The Morgan fingerprint density at radius 3 is 2.38 bits per heavy atom. The Morgan fingerprint density at radius 1 is 1.05 bits per heavy atom. The van der Waals surface area contributed by atoms with E-state index in [1.807, 2.05) is 0 Å². The summed E-state index contributed by atoms with van der Waals surface area (Å²) in [6.07, 6.45) is 0. The van der Waals surface area contributed by atoms with Crippen LogP contribution >= 0.6 is 0 Å². The number of halogens is 3. The van der Waals surface area contributed by atoms with E-state index in [0.717, 1.165) is 6.07 Å². The largest absolute Gasteiger partial charge is 0.494 e. The Balaban J connectivity index is 2.57. The van der Waals surface area contributed by atoms with Gasteiger partial charge in [-0.25, -0.2) is 13.2 Å². The highest BCUT2D eigenvalue weighted by Crippen LogP contribution is 2.31. The molecule has 5 heteroatoms. The molecule has 1 unspecified atom stereocenters. The minimum absolute atomic E-state index is 0.0759. The second-order valence-electron chi connectivity index (χ2n) is 4.71. The van der Waals surface area contributed by atoms with Crippen molar-refractivity contribution in [2.75, 3.05) is 14.2 Å². The van der Waals surface area contributed by atoms with Gasteiger partial charge in [-0.15, -0.1) is 0 Å². The molecule has 2 aromatic carbocycles. The molecule has 112 valence electrons. The molecule has 0 amide bonds. The standard InChI is InChI=1S/C16H16F3NO/c1-9-7-11(13(18)8-12(9)17)16(20-2)10-5-4-6-14(21-3)15(10)19/h4-8,16,20H,1-3H3. The molecular weight excluding hydrogens is 279 g/mol. The second kappa shape index (κ2) is 6.18. The third kappa shape index (κ3) is 2.88. The summed E-state index contributed by atoms with van der Waals surface area (Å²) in [5.41, 5.74) is 0.722. The zero-order chi connectivity index (χ0) is 15.6. The quantitative estimate of drug-likeness (QED) is 0.928. The average Bonchev–Trinajstić information content (AvgIpc) is 2.46. The molecule has 0 aliphatic carbocycles. The summed E-state index contributed by atoms with van der Waals surface area (Å²) in [7, 11) is 2.95. The maximum Gasteiger partial charge on any atom is 0.170 e. The lowest BCUT2D eigenvalue weighted by Crippen LogP contribution is -2.21. The van der Waals surface area contributed by atoms with Crippen molar-refractivity contribution < 1.29 is 17.9 Å². The van der Waals surface area contributed by atoms with Gasteiger partial charge < -0.3 is 10.1 Å². The first-order chi connectivity index (χ1) is 9.99. The highest BCUT2D eigenvalue weighted by Gasteiger charge is 2.22. The zero-order valence-corrected chi connectivity index (χ0v) is 12.0. The first-order valence-corrected chi connectivity index (χ1v) is 6.44. The van der Waals surface area contributed by atoms with E-state index < -0.39 is 23.5 Å². The van der Waals surface area contributed by atoms with Gasteiger partial charge in [-0.05, 0) is 31.7 Å². The molecule has 0 heterocycles. The number of aryl methyl sites for hydroxylation is 1. The van der Waals surface area contributed by atoms with Gasteiger partial charge in [0.25, 0.3) is 0 Å². The van der Waals surface area contributed by atoms with E-state index >= 15 is 0 Å². The van der Waals surface area contributed by atoms with Crippen LogP contribution in [0.1, 0.15) is 22.7 Å². The van der Waals surface area contributed by atoms with E-state index in [1.165, 1.54) is 32.2 Å². The summed E-state index contributed by atoms with van der Waals surface area (Å²) in [5, 5.41) is 2.86. The van der Waals surface area contributed by atoms with Crippen LogP contribution in [0.15, 0.2) is 30.3 Å². The van der Waals surface area contributed by atoms with Crippen LogP contribution in [0.4, 0.5) is 13.2 Å². The van der Waals surface area contributed by atoms with Gasteiger partial charge in [0.15, 0.2) is 11.6 Å². The molecule has 0 saturated heterocycles. The molecule has 0 bridgehead atoms. The predicted octanol–water partition coefficient (Wildman–Crippen LogP) is 3.73. The predicted molar refractivity (Wildman–Crippen MR) is 74.9 cm³/mol. The van der Waals surface area contributed by atoms with Crippen molar-refractivity contribution in [2.45, 2.75) is 13.0 Å². The van der Waals surface area contributed by atoms with Crippen molar-refractivity contribution in [3.63, 3.8) is 0 Å². The van der Waals surface area contributed by atoms with Crippen molar-refractivity contribution in [2.24, 2.45) is 0 Å². The smallest absolute Gasteiger partial charge is 0.170 e. The van der Waals surface area contributed by atoms with Gasteiger partial charge in [0.1, 0.15) is 11.6 Å². The second-order valence-corrected chi connectivity index (χ2v) is 4.71. The van der Waals surface area contributed by atoms with Crippen molar-refractivity contribution >= 4 is 0 Å². The number of hydrogen-bond acceptors (Lipinski definition) is 2. The molecule has 2 rings (SSSR count). The van der Waals surface area contributed by atoms with Gasteiger partial charge in [-0.1, -0.05) is 12.1 Å². The van der Waals surface area contributed by atoms with Gasteiger partial charge in [-0.3, -0.25) is 0 Å². The van der Waals surface area contributed by atoms with Crippen LogP contribution in [0.5, 0.6) is 5.75 Å². The maximum absolute atomic E-state index is 14.3. The molecule has 2 aromatic rings. The number of methoxy groups -OCH3 is 1. The fourth-order valence-electron chi connectivity index (χ4n) is 2.29. The molecule has 0 aliphatic rings. The topological polar surface area (TPSA) is 21.3 Å². The highest BCUT2D eigenvalue weighted by atomic mass is 19.1. The van der Waals surface area contributed by atoms with Gasteiger partial charge in [0.2, 0.25) is 0 Å². The van der Waals surface area contributed by atoms with Crippen LogP contribution in [-0.4, -0.2) is 14.2 Å². The first kappa shape index (κ1) is 15.4. The Morgan fingerprint density at radius 2 is 1.76 bits per heavy atom. The number of rotatable bonds is 4. The number of ether oxygens (including phenoxy) is 1. The molecule has 0 fully saturated rings. The SMILES string of the molecule is CNC(c1cc(C)c(F)cc1F)c1cccc(OC)c1F. The molecule has 1 N–H and O–H groups in total. The van der Waals surface area contributed by atoms with Gasteiger partial charge in [0, 0.05) is 17.2 Å². The van der Waals surface area contributed by atoms with Crippen LogP contribution in [0.25, 0.3) is 0 Å². The van der Waals surface area contributed by atoms with E-state index in [9.17, 15) is 13.2 Å². The lowest BCUT2D eigenvalue weighted by Gasteiger charge is -2.20. The van der Waals surface area contributed by atoms with Crippen LogP contribution in [0.2, 0.25) is 0 Å². The third-order valence-electron chi connectivity index (χ3n) is 3.40. The van der Waals surface area contributed by atoms with Gasteiger partial charge in [0.05, 0.1) is 13.2 Å². The number of nitrogens with one attached hydrogen (secondary N) is 1. The minimum Gasteiger partial charge on any atom is -0.494 e. The Bertz CT molecular complexity index is 658. The molecule has 0 saturated carbocycles. The van der Waals surface area contributed by atoms with E-state index in [-0.39, 0.29) is 16.9 Å². The highest BCUT2D eigenvalue weighted by molar-refractivity contribution is 5.40. The van der Waals surface area contributed by atoms with Gasteiger partial charge >= 0.3 is 0 Å². The molecule has 0 aromatic heterocycles. The lowest BCUT2D eigenvalue weighted by atomic mass is 9.96. The summed E-state index contributed by atoms with van der Waals surface area (Å²) in [6, 6.07) is 6.10. The first-order valence-electron chi connectivity index (χ1n) is 6.44. The van der Waals surface area contributed by atoms with Crippen LogP contribution in [0, 0.1) is 24.4 Å². The van der Waals surface area contributed by atoms with Crippen molar-refractivity contribution in [3.05, 3.63) is 64.5 Å². The van der Waals surface area contributed by atoms with Crippen molar-refractivity contribution in [3.8, 4) is 5.75 Å². The van der Waals surface area contributed by atoms with E-state index in [0.29, 0.717) is 5.56 Å². The normalized spacial score (nSPS) is 12.3. The van der Waals surface area contributed by atoms with Crippen LogP contribution < -0.4 is 10.1 Å². The van der Waals surface area contributed by atoms with E-state index in [1.54, 1.807) is 13.1 Å². The fourth-order valence-corrected chi connectivity index (χ4v) is 2.29. The summed E-state index contributed by atoms with van der Waals surface area (Å²) in [4.78, 5) is 0. The summed E-state index contributed by atoms with van der Waals surface area (Å²) in [6.45, 7) is 1.53. The number of hydrogen-bond donors (Lipinski definition) is 1. The molecule has 21 heavy (non-hydrogen) atoms. The van der Waals surface area contributed by atoms with E-state index in [4.69, 9.17) is 4.74 Å². The van der Waals surface area contributed by atoms with Crippen molar-refractivity contribution in [1.82, 2.24) is 5.32 Å². The number of benzene rings is 2. The summed E-state index contributed by atoms with van der Waals surface area (Å²) in [5.74, 6) is -1.84.